The Morgan fingerprint density at radius 3 is 2.65 bits per heavy atom. The number of azide groups is 1. The van der Waals surface area contributed by atoms with Crippen molar-refractivity contribution in [1.82, 2.24) is 15.5 Å². The Kier molecular flexibility index (Phi) is 5.60. The fraction of sp³-hybridized carbons (Fsp3) is 0.824. The second-order valence-corrected chi connectivity index (χ2v) is 7.58. The van der Waals surface area contributed by atoms with Crippen LogP contribution >= 0.6 is 0 Å². The zero-order chi connectivity index (χ0) is 18.8. The highest BCUT2D eigenvalue weighted by atomic mass is 16.2. The van der Waals surface area contributed by atoms with Gasteiger partial charge in [0.1, 0.15) is 0 Å². The minimum absolute atomic E-state index is 0.0168. The number of fused-ring (bicyclic) bond motifs is 1. The van der Waals surface area contributed by atoms with E-state index < -0.39 is 18.0 Å². The number of Topliss-reactive ketones (excluding diaryl/α,β-unsaturated/α-hetero) is 2. The molecular formula is C17H26N6O3. The zero-order valence-electron chi connectivity index (χ0n) is 15.2. The highest BCUT2D eigenvalue weighted by Crippen LogP contribution is 2.35. The van der Waals surface area contributed by atoms with Crippen LogP contribution in [0.3, 0.4) is 0 Å². The van der Waals surface area contributed by atoms with Crippen molar-refractivity contribution in [2.75, 3.05) is 13.1 Å². The average Bonchev–Trinajstić information content (AvgIpc) is 3.00. The molecule has 3 fully saturated rings. The molecular weight excluding hydrogens is 336 g/mol. The van der Waals surface area contributed by atoms with Gasteiger partial charge in [-0.25, -0.2) is 0 Å². The van der Waals surface area contributed by atoms with Crippen molar-refractivity contribution in [1.29, 1.82) is 0 Å². The summed E-state index contributed by atoms with van der Waals surface area (Å²) in [5.41, 5.74) is 8.68. The van der Waals surface area contributed by atoms with E-state index in [-0.39, 0.29) is 48.7 Å². The normalized spacial score (nSPS) is 38.4. The second kappa shape index (κ2) is 7.73. The maximum absolute atomic E-state index is 13.4. The molecule has 3 heterocycles. The quantitative estimate of drug-likeness (QED) is 0.324. The van der Waals surface area contributed by atoms with Gasteiger partial charge in [-0.2, -0.15) is 0 Å². The molecule has 26 heavy (non-hydrogen) atoms. The van der Waals surface area contributed by atoms with Crippen LogP contribution in [0.5, 0.6) is 0 Å². The molecule has 9 heteroatoms. The molecule has 0 aromatic heterocycles. The Morgan fingerprint density at radius 2 is 1.92 bits per heavy atom. The van der Waals surface area contributed by atoms with E-state index in [9.17, 15) is 14.4 Å². The largest absolute Gasteiger partial charge is 0.328 e. The van der Waals surface area contributed by atoms with Crippen LogP contribution in [-0.2, 0) is 14.4 Å². The summed E-state index contributed by atoms with van der Waals surface area (Å²) in [6.07, 6.45) is 2.65. The van der Waals surface area contributed by atoms with Crippen LogP contribution in [0, 0.1) is 11.8 Å². The smallest absolute Gasteiger partial charge is 0.240 e. The summed E-state index contributed by atoms with van der Waals surface area (Å²) in [5, 5.41) is 10.0. The SMILES string of the molecule is CC1NCC(=O)C(C)C(=O)[C@@H]2CC[C@H]3CC[C@@H](CN=[N+]=[N-])[C@@H](N1)C(=O)N32. The van der Waals surface area contributed by atoms with E-state index in [4.69, 9.17) is 5.53 Å². The Morgan fingerprint density at radius 1 is 1.19 bits per heavy atom. The molecule has 0 aliphatic carbocycles. The van der Waals surface area contributed by atoms with Gasteiger partial charge in [0.05, 0.1) is 30.7 Å². The van der Waals surface area contributed by atoms with Crippen LogP contribution in [0.2, 0.25) is 0 Å². The standard InChI is InChI=1S/C17H26N6O3/c1-9-14(24)8-19-10(2)21-15-11(7-20-22-18)3-4-12-5-6-13(16(9)25)23(12)17(15)26/h9-13,15,19,21H,3-8H2,1-2H3/t9?,10?,11-,12+,13-,15+/m0/s1. The summed E-state index contributed by atoms with van der Waals surface area (Å²) in [5.74, 6) is -1.27. The molecule has 2 unspecified atom stereocenters. The van der Waals surface area contributed by atoms with Crippen molar-refractivity contribution in [3.05, 3.63) is 10.4 Å². The van der Waals surface area contributed by atoms with Crippen molar-refractivity contribution in [3.8, 4) is 0 Å². The molecule has 3 saturated heterocycles. The van der Waals surface area contributed by atoms with Crippen LogP contribution in [0.15, 0.2) is 5.11 Å². The van der Waals surface area contributed by atoms with Crippen molar-refractivity contribution in [2.45, 2.75) is 63.8 Å². The summed E-state index contributed by atoms with van der Waals surface area (Å²) in [6.45, 7) is 3.81. The number of ketones is 2. The van der Waals surface area contributed by atoms with Gasteiger partial charge in [-0.05, 0) is 51.0 Å². The predicted octanol–water partition coefficient (Wildman–Crippen LogP) is 0.748. The number of nitrogens with zero attached hydrogens (tertiary/aromatic N) is 4. The third-order valence-electron chi connectivity index (χ3n) is 5.99. The molecule has 0 radical (unpaired) electrons. The minimum atomic E-state index is -0.718. The molecule has 0 spiro atoms. The fourth-order valence-corrected chi connectivity index (χ4v) is 4.44. The Balaban J connectivity index is 1.98. The summed E-state index contributed by atoms with van der Waals surface area (Å²) in [7, 11) is 0. The number of carbonyl (C=O) groups is 3. The third-order valence-corrected chi connectivity index (χ3v) is 5.99. The molecule has 0 saturated carbocycles. The lowest BCUT2D eigenvalue weighted by Crippen LogP contribution is -2.57. The number of rotatable bonds is 2. The molecule has 3 aliphatic heterocycles. The summed E-state index contributed by atoms with van der Waals surface area (Å²) < 4.78 is 0. The molecule has 2 N–H and O–H groups in total. The number of hydrogen-bond donors (Lipinski definition) is 2. The van der Waals surface area contributed by atoms with E-state index in [2.05, 4.69) is 20.7 Å². The maximum atomic E-state index is 13.4. The van der Waals surface area contributed by atoms with Crippen LogP contribution in [0.25, 0.3) is 10.4 Å². The van der Waals surface area contributed by atoms with Gasteiger partial charge in [-0.3, -0.25) is 25.0 Å². The van der Waals surface area contributed by atoms with Crippen molar-refractivity contribution in [2.24, 2.45) is 17.0 Å². The van der Waals surface area contributed by atoms with Gasteiger partial charge in [0.2, 0.25) is 5.91 Å². The Hall–Kier alpha value is -1.96. The molecule has 6 atom stereocenters. The average molecular weight is 362 g/mol. The summed E-state index contributed by atoms with van der Waals surface area (Å²) >= 11 is 0. The van der Waals surface area contributed by atoms with Crippen LogP contribution < -0.4 is 10.6 Å². The number of nitrogens with one attached hydrogen (secondary N) is 2. The van der Waals surface area contributed by atoms with E-state index in [1.807, 2.05) is 6.92 Å². The first-order chi connectivity index (χ1) is 12.4. The first-order valence-corrected chi connectivity index (χ1v) is 9.33. The third kappa shape index (κ3) is 3.47. The first kappa shape index (κ1) is 18.8. The summed E-state index contributed by atoms with van der Waals surface area (Å²) in [6, 6.07) is -1.05. The number of carbonyl (C=O) groups excluding carboxylic acids is 3. The maximum Gasteiger partial charge on any atom is 0.240 e. The van der Waals surface area contributed by atoms with Crippen LogP contribution in [0.1, 0.15) is 39.5 Å². The minimum Gasteiger partial charge on any atom is -0.328 e. The lowest BCUT2D eigenvalue weighted by molar-refractivity contribution is -0.144. The van der Waals surface area contributed by atoms with Gasteiger partial charge in [0.25, 0.3) is 0 Å². The highest BCUT2D eigenvalue weighted by molar-refractivity contribution is 6.06. The first-order valence-electron chi connectivity index (χ1n) is 9.33. The molecule has 0 aromatic carbocycles. The van der Waals surface area contributed by atoms with Gasteiger partial charge >= 0.3 is 0 Å². The highest BCUT2D eigenvalue weighted by Gasteiger charge is 2.48. The molecule has 0 aromatic rings. The predicted molar refractivity (Wildman–Crippen MR) is 94.0 cm³/mol. The fourth-order valence-electron chi connectivity index (χ4n) is 4.44. The second-order valence-electron chi connectivity index (χ2n) is 7.58. The molecule has 1 amide bonds. The molecule has 2 bridgehead atoms. The van der Waals surface area contributed by atoms with Gasteiger partial charge < -0.3 is 4.90 Å². The zero-order valence-corrected chi connectivity index (χ0v) is 15.2. The topological polar surface area (TPSA) is 127 Å². The lowest BCUT2D eigenvalue weighted by atomic mass is 9.92. The van der Waals surface area contributed by atoms with Crippen molar-refractivity contribution in [3.63, 3.8) is 0 Å². The number of hydrogen-bond acceptors (Lipinski definition) is 6. The number of amides is 1. The monoisotopic (exact) mass is 362 g/mol. The van der Waals surface area contributed by atoms with E-state index in [1.54, 1.807) is 11.8 Å². The molecule has 3 rings (SSSR count). The Labute approximate surface area is 152 Å². The van der Waals surface area contributed by atoms with E-state index in [1.165, 1.54) is 0 Å². The van der Waals surface area contributed by atoms with Crippen LogP contribution in [-0.4, -0.2) is 59.8 Å². The molecule has 142 valence electrons. The summed E-state index contributed by atoms with van der Waals surface area (Å²) in [4.78, 5) is 43.2. The molecule has 3 aliphatic rings. The van der Waals surface area contributed by atoms with Crippen LogP contribution in [0.4, 0.5) is 0 Å². The molecule has 9 nitrogen and oxygen atoms in total. The van der Waals surface area contributed by atoms with Crippen molar-refractivity contribution < 1.29 is 14.4 Å². The van der Waals surface area contributed by atoms with Gasteiger partial charge in [0, 0.05) is 17.5 Å². The van der Waals surface area contributed by atoms with Gasteiger partial charge in [-0.1, -0.05) is 5.11 Å². The van der Waals surface area contributed by atoms with E-state index >= 15 is 0 Å². The van der Waals surface area contributed by atoms with E-state index in [0.717, 1.165) is 19.3 Å². The van der Waals surface area contributed by atoms with Gasteiger partial charge in [-0.15, -0.1) is 0 Å². The van der Waals surface area contributed by atoms with Gasteiger partial charge in [0.15, 0.2) is 11.6 Å². The van der Waals surface area contributed by atoms with E-state index in [0.29, 0.717) is 6.42 Å². The van der Waals surface area contributed by atoms with Crippen molar-refractivity contribution >= 4 is 17.5 Å². The Bertz CT molecular complexity index is 646. The lowest BCUT2D eigenvalue weighted by Gasteiger charge is -2.33.